The number of benzene rings is 2. The average Bonchev–Trinajstić information content (AvgIpc) is 2.94. The molecule has 2 aromatic rings. The lowest BCUT2D eigenvalue weighted by Gasteiger charge is -2.16. The Hall–Kier alpha value is -1.67. The van der Waals surface area contributed by atoms with Gasteiger partial charge in [0.2, 0.25) is 0 Å². The highest BCUT2D eigenvalue weighted by Gasteiger charge is 2.46. The van der Waals surface area contributed by atoms with Crippen LogP contribution in [0.4, 0.5) is 18.9 Å². The Kier molecular flexibility index (Phi) is 4.52. The monoisotopic (exact) mass is 373 g/mol. The van der Waals surface area contributed by atoms with Gasteiger partial charge in [-0.15, -0.1) is 0 Å². The van der Waals surface area contributed by atoms with E-state index >= 15 is 0 Å². The second kappa shape index (κ2) is 6.33. The lowest BCUT2D eigenvalue weighted by molar-refractivity contribution is -0.0429. The summed E-state index contributed by atoms with van der Waals surface area (Å²) in [4.78, 5) is 1.29. The number of hydrogen-bond acceptors (Lipinski definition) is 3. The molecule has 2 aromatic carbocycles. The van der Waals surface area contributed by atoms with E-state index in [1.54, 1.807) is 10.8 Å². The maximum atomic E-state index is 12.7. The summed E-state index contributed by atoms with van der Waals surface area (Å²) in [7, 11) is -5.45. The fourth-order valence-corrected chi connectivity index (χ4v) is 4.19. The second-order valence-electron chi connectivity index (χ2n) is 5.44. The highest BCUT2D eigenvalue weighted by atomic mass is 32.2. The number of hydrogen-bond donors (Lipinski definition) is 1. The summed E-state index contributed by atoms with van der Waals surface area (Å²) in [5.41, 5.74) is -3.42. The number of sulfonamides is 1. The van der Waals surface area contributed by atoms with Crippen molar-refractivity contribution in [2.75, 3.05) is 4.72 Å². The highest BCUT2D eigenvalue weighted by molar-refractivity contribution is 7.99. The summed E-state index contributed by atoms with van der Waals surface area (Å²) in [6, 6.07) is 12.4. The van der Waals surface area contributed by atoms with Gasteiger partial charge in [-0.25, -0.2) is 0 Å². The van der Waals surface area contributed by atoms with Crippen LogP contribution in [0.15, 0.2) is 52.3 Å². The molecule has 3 nitrogen and oxygen atoms in total. The van der Waals surface area contributed by atoms with E-state index in [0.717, 1.165) is 35.3 Å². The molecule has 0 fully saturated rings. The zero-order valence-electron chi connectivity index (χ0n) is 12.4. The Bertz CT molecular complexity index is 850. The fourth-order valence-electron chi connectivity index (χ4n) is 2.58. The van der Waals surface area contributed by atoms with Crippen LogP contribution in [-0.4, -0.2) is 13.9 Å². The third-order valence-corrected chi connectivity index (χ3v) is 5.88. The Morgan fingerprint density at radius 3 is 2.25 bits per heavy atom. The molecule has 0 spiro atoms. The van der Waals surface area contributed by atoms with Crippen LogP contribution in [-0.2, 0) is 22.9 Å². The van der Waals surface area contributed by atoms with Crippen molar-refractivity contribution in [3.63, 3.8) is 0 Å². The molecule has 0 unspecified atom stereocenters. The van der Waals surface area contributed by atoms with Crippen LogP contribution in [0.2, 0.25) is 0 Å². The van der Waals surface area contributed by atoms with E-state index in [1.165, 1.54) is 17.8 Å². The Morgan fingerprint density at radius 2 is 1.62 bits per heavy atom. The van der Waals surface area contributed by atoms with Gasteiger partial charge in [-0.05, 0) is 54.7 Å². The Balaban J connectivity index is 2.01. The number of alkyl halides is 3. The molecule has 1 aliphatic carbocycles. The highest BCUT2D eigenvalue weighted by Crippen LogP contribution is 2.39. The van der Waals surface area contributed by atoms with Crippen molar-refractivity contribution in [3.05, 3.63) is 53.6 Å². The molecule has 24 heavy (non-hydrogen) atoms. The summed E-state index contributed by atoms with van der Waals surface area (Å²) >= 11 is 1.24. The molecule has 0 aromatic heterocycles. The van der Waals surface area contributed by atoms with Crippen LogP contribution < -0.4 is 4.72 Å². The minimum Gasteiger partial charge on any atom is -0.275 e. The summed E-state index contributed by atoms with van der Waals surface area (Å²) in [6.45, 7) is 0. The number of rotatable bonds is 4. The van der Waals surface area contributed by atoms with Gasteiger partial charge in [-0.1, -0.05) is 30.0 Å². The van der Waals surface area contributed by atoms with Gasteiger partial charge in [0.15, 0.2) is 0 Å². The summed E-state index contributed by atoms with van der Waals surface area (Å²) in [5.74, 6) is 0. The standard InChI is InChI=1S/C16H14F3NO2S2/c17-16(18,19)24(21,22)20-14-9-11-5-4-6-12(11)10-15(14)23-13-7-2-1-3-8-13/h1-3,7-10,20H,4-6H2. The first-order valence-electron chi connectivity index (χ1n) is 7.24. The van der Waals surface area contributed by atoms with Crippen LogP contribution in [0.3, 0.4) is 0 Å². The molecule has 8 heteroatoms. The summed E-state index contributed by atoms with van der Waals surface area (Å²) in [5, 5.41) is 0. The minimum atomic E-state index is -5.45. The molecule has 1 N–H and O–H groups in total. The van der Waals surface area contributed by atoms with Crippen molar-refractivity contribution in [1.82, 2.24) is 0 Å². The van der Waals surface area contributed by atoms with Crippen LogP contribution >= 0.6 is 11.8 Å². The van der Waals surface area contributed by atoms with Crippen molar-refractivity contribution in [3.8, 4) is 0 Å². The van der Waals surface area contributed by atoms with Crippen LogP contribution in [0.1, 0.15) is 17.5 Å². The van der Waals surface area contributed by atoms with Crippen molar-refractivity contribution in [2.45, 2.75) is 34.6 Å². The van der Waals surface area contributed by atoms with Crippen LogP contribution in [0.5, 0.6) is 0 Å². The number of nitrogens with one attached hydrogen (secondary N) is 1. The average molecular weight is 373 g/mol. The largest absolute Gasteiger partial charge is 0.516 e. The quantitative estimate of drug-likeness (QED) is 0.853. The van der Waals surface area contributed by atoms with Crippen LogP contribution in [0.25, 0.3) is 0 Å². The van der Waals surface area contributed by atoms with Gasteiger partial charge < -0.3 is 0 Å². The van der Waals surface area contributed by atoms with Gasteiger partial charge >= 0.3 is 15.5 Å². The third kappa shape index (κ3) is 3.54. The maximum Gasteiger partial charge on any atom is 0.516 e. The van der Waals surface area contributed by atoms with Gasteiger partial charge in [-0.3, -0.25) is 4.72 Å². The number of fused-ring (bicyclic) bond motifs is 1. The smallest absolute Gasteiger partial charge is 0.275 e. The zero-order valence-corrected chi connectivity index (χ0v) is 14.1. The molecule has 3 rings (SSSR count). The van der Waals surface area contributed by atoms with E-state index < -0.39 is 15.5 Å². The first-order chi connectivity index (χ1) is 11.3. The first-order valence-corrected chi connectivity index (χ1v) is 9.54. The van der Waals surface area contributed by atoms with Crippen molar-refractivity contribution >= 4 is 27.5 Å². The summed E-state index contributed by atoms with van der Waals surface area (Å²) in [6.07, 6.45) is 2.51. The normalized spacial score (nSPS) is 14.5. The zero-order chi connectivity index (χ0) is 17.4. The maximum absolute atomic E-state index is 12.7. The molecule has 0 bridgehead atoms. The Morgan fingerprint density at radius 1 is 1.00 bits per heavy atom. The first kappa shape index (κ1) is 17.2. The van der Waals surface area contributed by atoms with E-state index in [9.17, 15) is 21.6 Å². The van der Waals surface area contributed by atoms with E-state index in [0.29, 0.717) is 4.90 Å². The molecule has 0 saturated heterocycles. The minimum absolute atomic E-state index is 0.0261. The topological polar surface area (TPSA) is 46.2 Å². The van der Waals surface area contributed by atoms with Crippen molar-refractivity contribution in [1.29, 1.82) is 0 Å². The molecule has 0 atom stereocenters. The van der Waals surface area contributed by atoms with Crippen LogP contribution in [0, 0.1) is 0 Å². The van der Waals surface area contributed by atoms with Gasteiger partial charge in [-0.2, -0.15) is 21.6 Å². The van der Waals surface area contributed by atoms with Gasteiger partial charge in [0.1, 0.15) is 0 Å². The predicted octanol–water partition coefficient (Wildman–Crippen LogP) is 4.59. The molecule has 0 amide bonds. The van der Waals surface area contributed by atoms with E-state index in [2.05, 4.69) is 0 Å². The predicted molar refractivity (Wildman–Crippen MR) is 87.6 cm³/mol. The summed E-state index contributed by atoms with van der Waals surface area (Å²) < 4.78 is 62.7. The van der Waals surface area contributed by atoms with Gasteiger partial charge in [0, 0.05) is 9.79 Å². The molecular weight excluding hydrogens is 359 g/mol. The van der Waals surface area contributed by atoms with E-state index in [-0.39, 0.29) is 5.69 Å². The Labute approximate surface area is 142 Å². The molecule has 0 saturated carbocycles. The van der Waals surface area contributed by atoms with Crippen molar-refractivity contribution in [2.24, 2.45) is 0 Å². The molecule has 128 valence electrons. The van der Waals surface area contributed by atoms with Crippen molar-refractivity contribution < 1.29 is 21.6 Å². The number of aryl methyl sites for hydroxylation is 2. The lowest BCUT2D eigenvalue weighted by Crippen LogP contribution is -2.30. The molecule has 1 aliphatic rings. The number of halogens is 3. The van der Waals surface area contributed by atoms with E-state index in [4.69, 9.17) is 0 Å². The fraction of sp³-hybridized carbons (Fsp3) is 0.250. The molecule has 0 heterocycles. The third-order valence-electron chi connectivity index (χ3n) is 3.71. The molecule has 0 aliphatic heterocycles. The number of anilines is 1. The molecular formula is C16H14F3NO2S2. The lowest BCUT2D eigenvalue weighted by atomic mass is 10.1. The SMILES string of the molecule is O=S(=O)(Nc1cc2c(cc1Sc1ccccc1)CCC2)C(F)(F)F. The van der Waals surface area contributed by atoms with E-state index in [1.807, 2.05) is 30.3 Å². The second-order valence-corrected chi connectivity index (χ2v) is 8.23. The van der Waals surface area contributed by atoms with Gasteiger partial charge in [0.25, 0.3) is 0 Å². The molecule has 0 radical (unpaired) electrons. The van der Waals surface area contributed by atoms with Gasteiger partial charge in [0.05, 0.1) is 5.69 Å².